The first-order valence-electron chi connectivity index (χ1n) is 4.63. The molecule has 17 heavy (non-hydrogen) atoms. The minimum atomic E-state index is -4.40. The average Bonchev–Trinajstić information content (AvgIpc) is 1.65. The first-order valence-corrected chi connectivity index (χ1v) is 4.63. The minimum Gasteiger partial charge on any atom is -0.207 e. The Morgan fingerprint density at radius 1 is 0.529 bits per heavy atom. The van der Waals surface area contributed by atoms with E-state index in [1.54, 1.807) is 0 Å². The van der Waals surface area contributed by atoms with Gasteiger partial charge in [-0.15, -0.1) is 0 Å². The van der Waals surface area contributed by atoms with E-state index in [0.29, 0.717) is 0 Å². The summed E-state index contributed by atoms with van der Waals surface area (Å²) in [5.74, 6) is -16.5. The largest absolute Gasteiger partial charge is 0.259 e. The summed E-state index contributed by atoms with van der Waals surface area (Å²) in [5.41, 5.74) is 0. The molecule has 0 amide bonds. The van der Waals surface area contributed by atoms with Gasteiger partial charge in [-0.1, -0.05) is 0 Å². The van der Waals surface area contributed by atoms with Crippen molar-refractivity contribution in [2.45, 2.75) is 56.8 Å². The van der Waals surface area contributed by atoms with E-state index >= 15 is 0 Å². The molecule has 0 aromatic carbocycles. The van der Waals surface area contributed by atoms with Crippen molar-refractivity contribution < 1.29 is 35.1 Å². The summed E-state index contributed by atoms with van der Waals surface area (Å²) in [6.07, 6.45) is -6.50. The molecule has 0 radical (unpaired) electrons. The van der Waals surface area contributed by atoms with Gasteiger partial charge in [0.15, 0.2) is 0 Å². The average molecular weight is 272 g/mol. The van der Waals surface area contributed by atoms with Crippen LogP contribution in [0.5, 0.6) is 0 Å². The molecule has 0 aliphatic carbocycles. The van der Waals surface area contributed by atoms with Crippen LogP contribution < -0.4 is 0 Å². The van der Waals surface area contributed by atoms with Gasteiger partial charge in [0.1, 0.15) is 0 Å². The molecule has 0 aromatic heterocycles. The lowest BCUT2D eigenvalue weighted by atomic mass is 10.00. The van der Waals surface area contributed by atoms with Crippen LogP contribution >= 0.6 is 0 Å². The van der Waals surface area contributed by atoms with Gasteiger partial charge in [-0.3, -0.25) is 0 Å². The van der Waals surface area contributed by atoms with E-state index in [1.807, 2.05) is 0 Å². The lowest BCUT2D eigenvalue weighted by molar-refractivity contribution is -0.173. The summed E-state index contributed by atoms with van der Waals surface area (Å²) < 4.78 is 100. The van der Waals surface area contributed by atoms with E-state index in [9.17, 15) is 35.1 Å². The smallest absolute Gasteiger partial charge is 0.207 e. The van der Waals surface area contributed by atoms with Crippen molar-refractivity contribution in [3.05, 3.63) is 0 Å². The van der Waals surface area contributed by atoms with Gasteiger partial charge in [-0.2, -0.15) is 0 Å². The summed E-state index contributed by atoms with van der Waals surface area (Å²) in [5, 5.41) is 0. The predicted octanol–water partition coefficient (Wildman–Crippen LogP) is 4.74. The van der Waals surface area contributed by atoms with Gasteiger partial charge in [-0.05, 0) is 13.8 Å². The third-order valence-electron chi connectivity index (χ3n) is 1.66. The molecule has 0 heterocycles. The molecule has 0 unspecified atom stereocenters. The van der Waals surface area contributed by atoms with Gasteiger partial charge in [0, 0.05) is 0 Å². The molecule has 104 valence electrons. The van der Waals surface area contributed by atoms with Crippen LogP contribution in [0.25, 0.3) is 0 Å². The van der Waals surface area contributed by atoms with Gasteiger partial charge in [-0.25, -0.2) is 35.1 Å². The van der Waals surface area contributed by atoms with Crippen LogP contribution in [0, 0.1) is 0 Å². The third kappa shape index (κ3) is 9.17. The Bertz CT molecular complexity index is 221. The van der Waals surface area contributed by atoms with E-state index in [-0.39, 0.29) is 13.8 Å². The van der Waals surface area contributed by atoms with Crippen LogP contribution in [0.1, 0.15) is 33.1 Å². The standard InChI is InChI=1S/C9H12F8/c1-6(10,11)3-8(14,15)5-9(16,17)4-7(2,12)13/h3-5H2,1-2H3. The van der Waals surface area contributed by atoms with Crippen LogP contribution in [0.4, 0.5) is 35.1 Å². The Morgan fingerprint density at radius 2 is 0.765 bits per heavy atom. The summed E-state index contributed by atoms with van der Waals surface area (Å²) >= 11 is 0. The van der Waals surface area contributed by atoms with E-state index in [0.717, 1.165) is 0 Å². The molecule has 0 bridgehead atoms. The Kier molecular flexibility index (Phi) is 4.45. The van der Waals surface area contributed by atoms with Crippen molar-refractivity contribution in [3.63, 3.8) is 0 Å². The minimum absolute atomic E-state index is 0.146. The molecule has 0 atom stereocenters. The monoisotopic (exact) mass is 272 g/mol. The van der Waals surface area contributed by atoms with E-state index < -0.39 is 43.0 Å². The van der Waals surface area contributed by atoms with Crippen molar-refractivity contribution in [2.24, 2.45) is 0 Å². The van der Waals surface area contributed by atoms with Crippen molar-refractivity contribution in [1.82, 2.24) is 0 Å². The first kappa shape index (κ1) is 16.4. The fourth-order valence-electron chi connectivity index (χ4n) is 1.41. The number of alkyl halides is 8. The maximum atomic E-state index is 12.8. The lowest BCUT2D eigenvalue weighted by Crippen LogP contribution is -2.36. The Hall–Kier alpha value is -0.560. The molecule has 0 aliphatic heterocycles. The zero-order valence-electron chi connectivity index (χ0n) is 9.15. The Labute approximate surface area is 93.0 Å². The maximum Gasteiger partial charge on any atom is 0.259 e. The normalized spacial score (nSPS) is 15.2. The second-order valence-corrected chi connectivity index (χ2v) is 4.38. The molecule has 0 fully saturated rings. The molecular formula is C9H12F8. The maximum absolute atomic E-state index is 12.8. The zero-order valence-corrected chi connectivity index (χ0v) is 9.15. The van der Waals surface area contributed by atoms with Crippen molar-refractivity contribution in [3.8, 4) is 0 Å². The molecule has 0 spiro atoms. The van der Waals surface area contributed by atoms with E-state index in [1.165, 1.54) is 0 Å². The molecule has 0 rings (SSSR count). The lowest BCUT2D eigenvalue weighted by Gasteiger charge is -2.26. The molecule has 0 saturated heterocycles. The zero-order chi connectivity index (χ0) is 14.1. The van der Waals surface area contributed by atoms with Crippen molar-refractivity contribution in [1.29, 1.82) is 0 Å². The molecule has 0 nitrogen and oxygen atoms in total. The number of hydrogen-bond donors (Lipinski definition) is 0. The highest BCUT2D eigenvalue weighted by Gasteiger charge is 2.50. The van der Waals surface area contributed by atoms with Crippen molar-refractivity contribution in [2.75, 3.05) is 0 Å². The molecule has 0 saturated carbocycles. The predicted molar refractivity (Wildman–Crippen MR) is 45.0 cm³/mol. The van der Waals surface area contributed by atoms with Gasteiger partial charge >= 0.3 is 0 Å². The fraction of sp³-hybridized carbons (Fsp3) is 1.00. The number of halogens is 8. The highest BCUT2D eigenvalue weighted by Crippen LogP contribution is 2.42. The first-order chi connectivity index (χ1) is 7.12. The molecule has 0 aromatic rings. The number of rotatable bonds is 6. The van der Waals surface area contributed by atoms with Gasteiger partial charge in [0.05, 0.1) is 19.3 Å². The summed E-state index contributed by atoms with van der Waals surface area (Å²) in [6, 6.07) is 0. The second kappa shape index (κ2) is 4.61. The molecule has 0 N–H and O–H groups in total. The van der Waals surface area contributed by atoms with Crippen LogP contribution in [-0.4, -0.2) is 23.7 Å². The van der Waals surface area contributed by atoms with Crippen molar-refractivity contribution >= 4 is 0 Å². The van der Waals surface area contributed by atoms with Crippen LogP contribution in [0.2, 0.25) is 0 Å². The van der Waals surface area contributed by atoms with Gasteiger partial charge in [0.25, 0.3) is 23.7 Å². The third-order valence-corrected chi connectivity index (χ3v) is 1.66. The quantitative estimate of drug-likeness (QED) is 0.613. The highest BCUT2D eigenvalue weighted by molar-refractivity contribution is 4.83. The van der Waals surface area contributed by atoms with Gasteiger partial charge < -0.3 is 0 Å². The molecule has 8 heteroatoms. The van der Waals surface area contributed by atoms with Crippen LogP contribution in [0.3, 0.4) is 0 Å². The Balaban J connectivity index is 4.59. The summed E-state index contributed by atoms with van der Waals surface area (Å²) in [4.78, 5) is 0. The Morgan fingerprint density at radius 3 is 0.941 bits per heavy atom. The SMILES string of the molecule is CC(F)(F)CC(F)(F)CC(F)(F)CC(C)(F)F. The second-order valence-electron chi connectivity index (χ2n) is 4.38. The molecule has 0 aliphatic rings. The molecular weight excluding hydrogens is 260 g/mol. The summed E-state index contributed by atoms with van der Waals surface area (Å²) in [6.45, 7) is 0.293. The van der Waals surface area contributed by atoms with Crippen LogP contribution in [0.15, 0.2) is 0 Å². The summed E-state index contributed by atoms with van der Waals surface area (Å²) in [7, 11) is 0. The van der Waals surface area contributed by atoms with E-state index in [4.69, 9.17) is 0 Å². The number of hydrogen-bond acceptors (Lipinski definition) is 0. The fourth-order valence-corrected chi connectivity index (χ4v) is 1.41. The van der Waals surface area contributed by atoms with Gasteiger partial charge in [0.2, 0.25) is 0 Å². The highest BCUT2D eigenvalue weighted by atomic mass is 19.3. The topological polar surface area (TPSA) is 0 Å². The van der Waals surface area contributed by atoms with E-state index in [2.05, 4.69) is 0 Å². The van der Waals surface area contributed by atoms with Crippen LogP contribution in [-0.2, 0) is 0 Å².